The Morgan fingerprint density at radius 3 is 2.66 bits per heavy atom. The summed E-state index contributed by atoms with van der Waals surface area (Å²) in [7, 11) is 0. The van der Waals surface area contributed by atoms with Crippen LogP contribution in [0.4, 0.5) is 11.5 Å². The number of carbonyl (C=O) groups is 1. The first-order valence-electron chi connectivity index (χ1n) is 8.83. The zero-order chi connectivity index (χ0) is 21.0. The van der Waals surface area contributed by atoms with Gasteiger partial charge in [-0.1, -0.05) is 24.3 Å². The Morgan fingerprint density at radius 2 is 1.97 bits per heavy atom. The van der Waals surface area contributed by atoms with Crippen LogP contribution in [0.25, 0.3) is 28.6 Å². The number of nitrogens with zero attached hydrogens (tertiary/aromatic N) is 1. The molecule has 0 saturated carbocycles. The Balaban J connectivity index is 2.06. The van der Waals surface area contributed by atoms with Crippen LogP contribution < -0.4 is 21.8 Å². The van der Waals surface area contributed by atoms with Crippen molar-refractivity contribution < 1.29 is 14.6 Å². The summed E-state index contributed by atoms with van der Waals surface area (Å²) in [5, 5.41) is 8.80. The summed E-state index contributed by atoms with van der Waals surface area (Å²) >= 11 is 0. The van der Waals surface area contributed by atoms with Gasteiger partial charge in [0.2, 0.25) is 0 Å². The van der Waals surface area contributed by atoms with Gasteiger partial charge in [0.15, 0.2) is 5.82 Å². The SMILES string of the molecule is CCOc1cc(-c2cccc(/C=C/C(=O)O)c2)ccc1-c1nc(N)c(N)c(=O)[nH]1. The van der Waals surface area contributed by atoms with E-state index in [1.165, 1.54) is 6.08 Å². The molecule has 1 heterocycles. The van der Waals surface area contributed by atoms with Gasteiger partial charge in [0.1, 0.15) is 17.3 Å². The second kappa shape index (κ2) is 8.30. The fourth-order valence-corrected chi connectivity index (χ4v) is 2.79. The van der Waals surface area contributed by atoms with Crippen LogP contribution in [-0.4, -0.2) is 27.7 Å². The van der Waals surface area contributed by atoms with Gasteiger partial charge in [-0.05, 0) is 47.9 Å². The monoisotopic (exact) mass is 392 g/mol. The van der Waals surface area contributed by atoms with Crippen molar-refractivity contribution in [2.24, 2.45) is 0 Å². The Labute approximate surface area is 166 Å². The fraction of sp³-hybridized carbons (Fsp3) is 0.0952. The molecule has 0 amide bonds. The zero-order valence-corrected chi connectivity index (χ0v) is 15.7. The van der Waals surface area contributed by atoms with Crippen LogP contribution in [0.3, 0.4) is 0 Å². The van der Waals surface area contributed by atoms with Crippen molar-refractivity contribution in [3.63, 3.8) is 0 Å². The summed E-state index contributed by atoms with van der Waals surface area (Å²) in [4.78, 5) is 29.5. The summed E-state index contributed by atoms with van der Waals surface area (Å²) in [5.41, 5.74) is 13.7. The maximum Gasteiger partial charge on any atom is 0.328 e. The summed E-state index contributed by atoms with van der Waals surface area (Å²) in [6, 6.07) is 12.9. The molecule has 0 aliphatic heterocycles. The molecule has 3 aromatic rings. The number of nitrogens with one attached hydrogen (secondary N) is 1. The Morgan fingerprint density at radius 1 is 1.21 bits per heavy atom. The fourth-order valence-electron chi connectivity index (χ4n) is 2.79. The van der Waals surface area contributed by atoms with E-state index in [9.17, 15) is 9.59 Å². The number of hydrogen-bond donors (Lipinski definition) is 4. The number of anilines is 2. The molecule has 0 spiro atoms. The van der Waals surface area contributed by atoms with Crippen molar-refractivity contribution in [2.45, 2.75) is 6.92 Å². The first kappa shape index (κ1) is 19.7. The summed E-state index contributed by atoms with van der Waals surface area (Å²) in [5.74, 6) is -0.283. The average molecular weight is 392 g/mol. The lowest BCUT2D eigenvalue weighted by molar-refractivity contribution is -0.131. The number of nitrogen functional groups attached to an aromatic ring is 2. The molecule has 2 aromatic carbocycles. The van der Waals surface area contributed by atoms with Crippen LogP contribution in [0.5, 0.6) is 5.75 Å². The lowest BCUT2D eigenvalue weighted by Gasteiger charge is -2.13. The highest BCUT2D eigenvalue weighted by molar-refractivity contribution is 5.85. The number of aromatic amines is 1. The minimum absolute atomic E-state index is 0.0480. The predicted octanol–water partition coefficient (Wildman–Crippen LogP) is 2.76. The first-order chi connectivity index (χ1) is 13.9. The first-order valence-corrected chi connectivity index (χ1v) is 8.83. The van der Waals surface area contributed by atoms with Gasteiger partial charge in [0, 0.05) is 6.08 Å². The number of ether oxygens (including phenoxy) is 1. The number of aromatic nitrogens is 2. The Kier molecular flexibility index (Phi) is 5.64. The number of benzene rings is 2. The quantitative estimate of drug-likeness (QED) is 0.472. The molecule has 0 bridgehead atoms. The minimum atomic E-state index is -1.01. The van der Waals surface area contributed by atoms with Gasteiger partial charge >= 0.3 is 5.97 Å². The molecule has 0 atom stereocenters. The van der Waals surface area contributed by atoms with Crippen molar-refractivity contribution in [3.8, 4) is 28.3 Å². The number of nitrogens with two attached hydrogens (primary N) is 2. The van der Waals surface area contributed by atoms with E-state index in [1.807, 2.05) is 43.3 Å². The topological polar surface area (TPSA) is 144 Å². The van der Waals surface area contributed by atoms with Crippen molar-refractivity contribution >= 4 is 23.6 Å². The van der Waals surface area contributed by atoms with E-state index < -0.39 is 11.5 Å². The van der Waals surface area contributed by atoms with E-state index in [0.717, 1.165) is 22.8 Å². The molecule has 0 saturated heterocycles. The molecule has 0 aliphatic carbocycles. The number of carboxylic acids is 1. The molecule has 3 rings (SSSR count). The minimum Gasteiger partial charge on any atom is -0.493 e. The Bertz CT molecular complexity index is 1150. The third-order valence-corrected chi connectivity index (χ3v) is 4.16. The lowest BCUT2D eigenvalue weighted by Crippen LogP contribution is -2.17. The third-order valence-electron chi connectivity index (χ3n) is 4.16. The molecule has 6 N–H and O–H groups in total. The maximum atomic E-state index is 11.9. The molecule has 0 fully saturated rings. The smallest absolute Gasteiger partial charge is 0.328 e. The number of H-pyrrole nitrogens is 1. The number of rotatable bonds is 6. The van der Waals surface area contributed by atoms with Crippen LogP contribution in [-0.2, 0) is 4.79 Å². The van der Waals surface area contributed by atoms with Gasteiger partial charge in [-0.15, -0.1) is 0 Å². The highest BCUT2D eigenvalue weighted by Crippen LogP contribution is 2.33. The van der Waals surface area contributed by atoms with Gasteiger partial charge in [-0.3, -0.25) is 4.79 Å². The van der Waals surface area contributed by atoms with Gasteiger partial charge in [0.25, 0.3) is 5.56 Å². The third kappa shape index (κ3) is 4.44. The van der Waals surface area contributed by atoms with E-state index >= 15 is 0 Å². The standard InChI is InChI=1S/C21H20N4O4/c1-2-29-16-11-14(13-5-3-4-12(10-13)6-9-17(26)27)7-8-15(16)20-24-19(23)18(22)21(28)25-20/h3-11H,2,22H2,1H3,(H,26,27)(H3,23,24,25,28)/b9-6+. The largest absolute Gasteiger partial charge is 0.493 e. The second-order valence-corrected chi connectivity index (χ2v) is 6.15. The van der Waals surface area contributed by atoms with Gasteiger partial charge in [0.05, 0.1) is 12.2 Å². The maximum absolute atomic E-state index is 11.9. The Hall–Kier alpha value is -4.07. The highest BCUT2D eigenvalue weighted by atomic mass is 16.5. The molecule has 0 aliphatic rings. The van der Waals surface area contributed by atoms with E-state index in [2.05, 4.69) is 9.97 Å². The van der Waals surface area contributed by atoms with Gasteiger partial charge < -0.3 is 26.3 Å². The van der Waals surface area contributed by atoms with E-state index in [1.54, 1.807) is 6.07 Å². The van der Waals surface area contributed by atoms with Crippen LogP contribution >= 0.6 is 0 Å². The van der Waals surface area contributed by atoms with Crippen molar-refractivity contribution in [1.82, 2.24) is 9.97 Å². The lowest BCUT2D eigenvalue weighted by atomic mass is 10.0. The van der Waals surface area contributed by atoms with Gasteiger partial charge in [-0.25, -0.2) is 9.78 Å². The van der Waals surface area contributed by atoms with E-state index in [-0.39, 0.29) is 17.3 Å². The molecule has 8 nitrogen and oxygen atoms in total. The molecule has 29 heavy (non-hydrogen) atoms. The summed E-state index contributed by atoms with van der Waals surface area (Å²) < 4.78 is 5.75. The predicted molar refractivity (Wildman–Crippen MR) is 112 cm³/mol. The molecule has 0 unspecified atom stereocenters. The van der Waals surface area contributed by atoms with Crippen LogP contribution in [0.2, 0.25) is 0 Å². The molecule has 0 radical (unpaired) electrons. The van der Waals surface area contributed by atoms with Gasteiger partial charge in [-0.2, -0.15) is 0 Å². The summed E-state index contributed by atoms with van der Waals surface area (Å²) in [6.45, 7) is 2.26. The number of carboxylic acid groups (broad SMARTS) is 1. The van der Waals surface area contributed by atoms with Crippen molar-refractivity contribution in [3.05, 3.63) is 64.5 Å². The molecule has 1 aromatic heterocycles. The van der Waals surface area contributed by atoms with E-state index in [0.29, 0.717) is 17.9 Å². The van der Waals surface area contributed by atoms with E-state index in [4.69, 9.17) is 21.3 Å². The van der Waals surface area contributed by atoms with Crippen LogP contribution in [0.15, 0.2) is 53.3 Å². The molecular weight excluding hydrogens is 372 g/mol. The second-order valence-electron chi connectivity index (χ2n) is 6.15. The highest BCUT2D eigenvalue weighted by Gasteiger charge is 2.13. The number of hydrogen-bond acceptors (Lipinski definition) is 6. The number of aliphatic carboxylic acids is 1. The van der Waals surface area contributed by atoms with Crippen molar-refractivity contribution in [2.75, 3.05) is 18.1 Å². The van der Waals surface area contributed by atoms with Crippen molar-refractivity contribution in [1.29, 1.82) is 0 Å². The molecule has 148 valence electrons. The van der Waals surface area contributed by atoms with Crippen LogP contribution in [0, 0.1) is 0 Å². The zero-order valence-electron chi connectivity index (χ0n) is 15.7. The normalized spacial score (nSPS) is 10.9. The molecule has 8 heteroatoms. The van der Waals surface area contributed by atoms with Crippen LogP contribution in [0.1, 0.15) is 12.5 Å². The average Bonchev–Trinajstić information content (AvgIpc) is 2.70. The molecular formula is C21H20N4O4. The summed E-state index contributed by atoms with van der Waals surface area (Å²) in [6.07, 6.45) is 2.61.